The predicted octanol–water partition coefficient (Wildman–Crippen LogP) is 3.11. The van der Waals surface area contributed by atoms with Gasteiger partial charge in [-0.1, -0.05) is 28.1 Å². The number of ether oxygens (including phenoxy) is 1. The topological polar surface area (TPSA) is 26.3 Å². The van der Waals surface area contributed by atoms with Gasteiger partial charge in [-0.05, 0) is 37.0 Å². The number of hydrogen-bond acceptors (Lipinski definition) is 2. The van der Waals surface area contributed by atoms with Crippen LogP contribution in [0.15, 0.2) is 18.2 Å². The summed E-state index contributed by atoms with van der Waals surface area (Å²) < 4.78 is 4.73. The minimum absolute atomic E-state index is 0.256. The minimum Gasteiger partial charge on any atom is -0.465 e. The fourth-order valence-corrected chi connectivity index (χ4v) is 1.82. The van der Waals surface area contributed by atoms with Crippen LogP contribution in [0.5, 0.6) is 0 Å². The van der Waals surface area contributed by atoms with Gasteiger partial charge in [0.2, 0.25) is 0 Å². The molecule has 0 spiro atoms. The summed E-state index contributed by atoms with van der Waals surface area (Å²) in [6.45, 7) is 1.97. The van der Waals surface area contributed by atoms with Gasteiger partial charge in [-0.2, -0.15) is 0 Å². The Morgan fingerprint density at radius 1 is 1.47 bits per heavy atom. The van der Waals surface area contributed by atoms with Gasteiger partial charge in [0.1, 0.15) is 0 Å². The van der Waals surface area contributed by atoms with Gasteiger partial charge in [0, 0.05) is 5.33 Å². The quantitative estimate of drug-likeness (QED) is 0.621. The minimum atomic E-state index is -0.256. The Balaban J connectivity index is 2.95. The van der Waals surface area contributed by atoms with Crippen LogP contribution in [-0.4, -0.2) is 18.4 Å². The van der Waals surface area contributed by atoms with E-state index in [4.69, 9.17) is 4.74 Å². The number of carbonyl (C=O) groups excluding carboxylic acids is 1. The second kappa shape index (κ2) is 5.91. The average molecular weight is 271 g/mol. The molecule has 1 rings (SSSR count). The molecule has 82 valence electrons. The maximum Gasteiger partial charge on any atom is 0.338 e. The van der Waals surface area contributed by atoms with E-state index in [0.29, 0.717) is 5.56 Å². The molecule has 0 atom stereocenters. The molecule has 0 fully saturated rings. The van der Waals surface area contributed by atoms with Gasteiger partial charge >= 0.3 is 5.97 Å². The standard InChI is InChI=1S/C12H15BrO2/c1-9-10(6-4-8-13)5-3-7-11(9)12(14)15-2/h3,5,7H,4,6,8H2,1-2H3. The van der Waals surface area contributed by atoms with Crippen molar-refractivity contribution in [2.24, 2.45) is 0 Å². The molecule has 0 unspecified atom stereocenters. The van der Waals surface area contributed by atoms with Gasteiger partial charge in [0.15, 0.2) is 0 Å². The zero-order chi connectivity index (χ0) is 11.3. The molecule has 0 saturated heterocycles. The molecule has 0 heterocycles. The molecule has 3 heteroatoms. The van der Waals surface area contributed by atoms with Gasteiger partial charge in [0.05, 0.1) is 12.7 Å². The van der Waals surface area contributed by atoms with Gasteiger partial charge in [-0.25, -0.2) is 4.79 Å². The molecule has 0 bridgehead atoms. The fourth-order valence-electron chi connectivity index (χ4n) is 1.54. The Bertz CT molecular complexity index is 347. The van der Waals surface area contributed by atoms with Crippen LogP contribution in [-0.2, 0) is 11.2 Å². The highest BCUT2D eigenvalue weighted by Crippen LogP contribution is 2.16. The molecule has 15 heavy (non-hydrogen) atoms. The lowest BCUT2D eigenvalue weighted by Crippen LogP contribution is -2.05. The highest BCUT2D eigenvalue weighted by Gasteiger charge is 2.10. The van der Waals surface area contributed by atoms with E-state index in [1.54, 1.807) is 6.07 Å². The van der Waals surface area contributed by atoms with Crippen LogP contribution < -0.4 is 0 Å². The van der Waals surface area contributed by atoms with E-state index in [0.717, 1.165) is 23.7 Å². The molecule has 0 saturated carbocycles. The highest BCUT2D eigenvalue weighted by molar-refractivity contribution is 9.09. The van der Waals surface area contributed by atoms with E-state index >= 15 is 0 Å². The van der Waals surface area contributed by atoms with Crippen LogP contribution in [0.1, 0.15) is 27.9 Å². The van der Waals surface area contributed by atoms with Crippen molar-refractivity contribution in [3.8, 4) is 0 Å². The number of hydrogen-bond donors (Lipinski definition) is 0. The first-order valence-electron chi connectivity index (χ1n) is 4.93. The maximum absolute atomic E-state index is 11.4. The first kappa shape index (κ1) is 12.2. The van der Waals surface area contributed by atoms with E-state index in [1.807, 2.05) is 13.0 Å². The SMILES string of the molecule is COC(=O)c1cccc(CCCBr)c1C. The maximum atomic E-state index is 11.4. The first-order chi connectivity index (χ1) is 7.20. The van der Waals surface area contributed by atoms with E-state index in [-0.39, 0.29) is 5.97 Å². The number of alkyl halides is 1. The first-order valence-corrected chi connectivity index (χ1v) is 6.05. The summed E-state index contributed by atoms with van der Waals surface area (Å²) in [6, 6.07) is 5.77. The third-order valence-corrected chi connectivity index (χ3v) is 2.99. The highest BCUT2D eigenvalue weighted by atomic mass is 79.9. The number of rotatable bonds is 4. The molecule has 2 nitrogen and oxygen atoms in total. The van der Waals surface area contributed by atoms with Crippen molar-refractivity contribution in [3.63, 3.8) is 0 Å². The molecule has 0 aliphatic carbocycles. The van der Waals surface area contributed by atoms with Gasteiger partial charge in [-0.15, -0.1) is 0 Å². The van der Waals surface area contributed by atoms with E-state index < -0.39 is 0 Å². The molecule has 0 aliphatic rings. The summed E-state index contributed by atoms with van der Waals surface area (Å²) in [5, 5.41) is 0.981. The largest absolute Gasteiger partial charge is 0.465 e. The van der Waals surface area contributed by atoms with Crippen molar-refractivity contribution in [3.05, 3.63) is 34.9 Å². The second-order valence-electron chi connectivity index (χ2n) is 3.37. The molecular weight excluding hydrogens is 256 g/mol. The van der Waals surface area contributed by atoms with Crippen LogP contribution >= 0.6 is 15.9 Å². The molecule has 0 aromatic heterocycles. The Morgan fingerprint density at radius 2 is 2.20 bits per heavy atom. The van der Waals surface area contributed by atoms with Crippen molar-refractivity contribution >= 4 is 21.9 Å². The van der Waals surface area contributed by atoms with Gasteiger partial charge in [0.25, 0.3) is 0 Å². The van der Waals surface area contributed by atoms with Crippen molar-refractivity contribution in [1.29, 1.82) is 0 Å². The summed E-state index contributed by atoms with van der Waals surface area (Å²) in [6.07, 6.45) is 2.06. The molecule has 0 N–H and O–H groups in total. The molecule has 1 aromatic rings. The predicted molar refractivity (Wildman–Crippen MR) is 64.6 cm³/mol. The molecular formula is C12H15BrO2. The number of carbonyl (C=O) groups is 1. The molecule has 0 amide bonds. The van der Waals surface area contributed by atoms with Crippen molar-refractivity contribution in [1.82, 2.24) is 0 Å². The fraction of sp³-hybridized carbons (Fsp3) is 0.417. The Labute approximate surface area is 98.8 Å². The molecule has 0 radical (unpaired) electrons. The van der Waals surface area contributed by atoms with E-state index in [1.165, 1.54) is 12.7 Å². The third kappa shape index (κ3) is 3.06. The second-order valence-corrected chi connectivity index (χ2v) is 4.17. The summed E-state index contributed by atoms with van der Waals surface area (Å²) in [5.74, 6) is -0.256. The van der Waals surface area contributed by atoms with Crippen molar-refractivity contribution < 1.29 is 9.53 Å². The van der Waals surface area contributed by atoms with Crippen LogP contribution in [0.2, 0.25) is 0 Å². The van der Waals surface area contributed by atoms with Gasteiger partial charge in [-0.3, -0.25) is 0 Å². The molecule has 0 aliphatic heterocycles. The summed E-state index contributed by atoms with van der Waals surface area (Å²) in [4.78, 5) is 11.4. The Morgan fingerprint density at radius 3 is 2.80 bits per heavy atom. The number of benzene rings is 1. The summed E-state index contributed by atoms with van der Waals surface area (Å²) in [5.41, 5.74) is 2.92. The van der Waals surface area contributed by atoms with E-state index in [2.05, 4.69) is 22.0 Å². The number of methoxy groups -OCH3 is 1. The number of halogens is 1. The zero-order valence-corrected chi connectivity index (χ0v) is 10.6. The normalized spacial score (nSPS) is 10.1. The number of aryl methyl sites for hydroxylation is 1. The van der Waals surface area contributed by atoms with Crippen molar-refractivity contribution in [2.75, 3.05) is 12.4 Å². The summed E-state index contributed by atoms with van der Waals surface area (Å²) >= 11 is 3.40. The van der Waals surface area contributed by atoms with Gasteiger partial charge < -0.3 is 4.74 Å². The Kier molecular flexibility index (Phi) is 4.82. The lowest BCUT2D eigenvalue weighted by molar-refractivity contribution is 0.0600. The third-order valence-electron chi connectivity index (χ3n) is 2.43. The number of esters is 1. The average Bonchev–Trinajstić information content (AvgIpc) is 2.27. The van der Waals surface area contributed by atoms with E-state index in [9.17, 15) is 4.79 Å². The monoisotopic (exact) mass is 270 g/mol. The lowest BCUT2D eigenvalue weighted by atomic mass is 9.99. The zero-order valence-electron chi connectivity index (χ0n) is 9.05. The van der Waals surface area contributed by atoms with Crippen LogP contribution in [0.4, 0.5) is 0 Å². The van der Waals surface area contributed by atoms with Crippen LogP contribution in [0.25, 0.3) is 0 Å². The Hall–Kier alpha value is -0.830. The van der Waals surface area contributed by atoms with Crippen molar-refractivity contribution in [2.45, 2.75) is 19.8 Å². The van der Waals surface area contributed by atoms with Crippen LogP contribution in [0, 0.1) is 6.92 Å². The smallest absolute Gasteiger partial charge is 0.338 e. The lowest BCUT2D eigenvalue weighted by Gasteiger charge is -2.08. The molecule has 1 aromatic carbocycles. The van der Waals surface area contributed by atoms with Crippen LogP contribution in [0.3, 0.4) is 0 Å². The summed E-state index contributed by atoms with van der Waals surface area (Å²) in [7, 11) is 1.41.